The first kappa shape index (κ1) is 20.0. The lowest BCUT2D eigenvalue weighted by Crippen LogP contribution is -2.22. The second-order valence-corrected chi connectivity index (χ2v) is 8.36. The maximum absolute atomic E-state index is 13.7. The first-order chi connectivity index (χ1) is 15.4. The highest BCUT2D eigenvalue weighted by atomic mass is 16.3. The van der Waals surface area contributed by atoms with E-state index in [-0.39, 0.29) is 5.56 Å². The van der Waals surface area contributed by atoms with Crippen LogP contribution in [-0.4, -0.2) is 19.3 Å². The number of hydrogen-bond acceptors (Lipinski definition) is 4. The third kappa shape index (κ3) is 3.24. The molecule has 0 aliphatic rings. The molecule has 0 radical (unpaired) electrons. The van der Waals surface area contributed by atoms with Gasteiger partial charge in [-0.25, -0.2) is 9.67 Å². The minimum absolute atomic E-state index is 0.186. The smallest absolute Gasteiger partial charge is 0.269 e. The molecular weight excluding hydrogens is 400 g/mol. The third-order valence-electron chi connectivity index (χ3n) is 5.90. The summed E-state index contributed by atoms with van der Waals surface area (Å²) < 4.78 is 8.96. The molecule has 0 aliphatic carbocycles. The molecule has 0 N–H and O–H groups in total. The second-order valence-electron chi connectivity index (χ2n) is 8.36. The van der Waals surface area contributed by atoms with Gasteiger partial charge in [-0.05, 0) is 72.9 Å². The molecule has 0 fully saturated rings. The molecule has 0 bridgehead atoms. The number of rotatable bonds is 4. The average molecular weight is 425 g/mol. The maximum Gasteiger partial charge on any atom is 0.269 e. The van der Waals surface area contributed by atoms with E-state index in [2.05, 4.69) is 32.8 Å². The topological polar surface area (TPSA) is 65.8 Å². The number of hydrogen-bond donors (Lipinski definition) is 0. The predicted octanol–water partition coefficient (Wildman–Crippen LogP) is 5.57. The van der Waals surface area contributed by atoms with Crippen molar-refractivity contribution in [3.05, 3.63) is 94.1 Å². The van der Waals surface area contributed by atoms with Gasteiger partial charge in [-0.1, -0.05) is 32.0 Å². The molecular formula is C26H24N4O2. The number of fused-ring (bicyclic) bond motifs is 1. The molecule has 0 spiro atoms. The first-order valence-electron chi connectivity index (χ1n) is 10.7. The molecule has 2 aromatic carbocycles. The van der Waals surface area contributed by atoms with Crippen LogP contribution >= 0.6 is 0 Å². The van der Waals surface area contributed by atoms with Crippen LogP contribution in [-0.2, 0) is 0 Å². The quantitative estimate of drug-likeness (QED) is 0.378. The average Bonchev–Trinajstić information content (AvgIpc) is 3.46. The Morgan fingerprint density at radius 2 is 1.69 bits per heavy atom. The number of furan rings is 1. The molecule has 0 amide bonds. The monoisotopic (exact) mass is 424 g/mol. The number of aromatic nitrogens is 4. The van der Waals surface area contributed by atoms with Crippen molar-refractivity contribution in [1.82, 2.24) is 19.3 Å². The van der Waals surface area contributed by atoms with Crippen LogP contribution in [0.1, 0.15) is 36.5 Å². The van der Waals surface area contributed by atoms with Crippen molar-refractivity contribution in [3.8, 4) is 23.0 Å². The predicted molar refractivity (Wildman–Crippen MR) is 126 cm³/mol. The summed E-state index contributed by atoms with van der Waals surface area (Å²) >= 11 is 0. The fourth-order valence-corrected chi connectivity index (χ4v) is 3.83. The van der Waals surface area contributed by atoms with Crippen LogP contribution in [0.4, 0.5) is 0 Å². The van der Waals surface area contributed by atoms with E-state index in [1.165, 1.54) is 11.1 Å². The first-order valence-corrected chi connectivity index (χ1v) is 10.7. The van der Waals surface area contributed by atoms with Crippen LogP contribution in [0.2, 0.25) is 0 Å². The molecule has 0 saturated heterocycles. The molecule has 160 valence electrons. The molecule has 6 nitrogen and oxygen atoms in total. The van der Waals surface area contributed by atoms with Crippen LogP contribution in [0.5, 0.6) is 0 Å². The van der Waals surface area contributed by atoms with Gasteiger partial charge in [0.05, 0.1) is 23.8 Å². The Balaban J connectivity index is 1.78. The van der Waals surface area contributed by atoms with Crippen molar-refractivity contribution < 1.29 is 4.42 Å². The number of nitrogens with zero attached hydrogens (tertiary/aromatic N) is 4. The zero-order chi connectivity index (χ0) is 22.4. The van der Waals surface area contributed by atoms with E-state index < -0.39 is 0 Å². The van der Waals surface area contributed by atoms with Crippen LogP contribution in [0.3, 0.4) is 0 Å². The Kier molecular flexibility index (Phi) is 4.78. The highest BCUT2D eigenvalue weighted by molar-refractivity contribution is 5.78. The number of benzene rings is 2. The van der Waals surface area contributed by atoms with E-state index in [9.17, 15) is 4.79 Å². The van der Waals surface area contributed by atoms with E-state index >= 15 is 0 Å². The van der Waals surface area contributed by atoms with Crippen LogP contribution in [0.15, 0.2) is 76.3 Å². The van der Waals surface area contributed by atoms with Crippen molar-refractivity contribution in [3.63, 3.8) is 0 Å². The standard InChI is InChI=1S/C26H24N4O2/c1-16(2)19-8-11-20(12-9-19)29-25(23-6-5-13-32-23)28-24-22(26(29)31)15-27-30(24)21-10-7-17(3)18(4)14-21/h5-16H,1-4H3. The summed E-state index contributed by atoms with van der Waals surface area (Å²) in [6, 6.07) is 17.7. The van der Waals surface area contributed by atoms with E-state index in [1.54, 1.807) is 27.8 Å². The molecule has 3 aromatic heterocycles. The van der Waals surface area contributed by atoms with Gasteiger partial charge in [-0.3, -0.25) is 9.36 Å². The SMILES string of the molecule is Cc1ccc(-n2ncc3c(=O)n(-c4ccc(C(C)C)cc4)c(-c4ccco4)nc32)cc1C. The van der Waals surface area contributed by atoms with Crippen LogP contribution < -0.4 is 5.56 Å². The van der Waals surface area contributed by atoms with Gasteiger partial charge < -0.3 is 4.42 Å². The second kappa shape index (κ2) is 7.64. The minimum Gasteiger partial charge on any atom is -0.461 e. The molecule has 5 aromatic rings. The summed E-state index contributed by atoms with van der Waals surface area (Å²) in [7, 11) is 0. The summed E-state index contributed by atoms with van der Waals surface area (Å²) in [4.78, 5) is 18.5. The summed E-state index contributed by atoms with van der Waals surface area (Å²) in [6.07, 6.45) is 3.17. The Morgan fingerprint density at radius 3 is 2.34 bits per heavy atom. The van der Waals surface area contributed by atoms with Crippen molar-refractivity contribution in [2.75, 3.05) is 0 Å². The van der Waals surface area contributed by atoms with Crippen molar-refractivity contribution in [2.45, 2.75) is 33.6 Å². The lowest BCUT2D eigenvalue weighted by molar-refractivity contribution is 0.574. The number of aryl methyl sites for hydroxylation is 2. The Labute approximate surface area is 185 Å². The zero-order valence-electron chi connectivity index (χ0n) is 18.5. The van der Waals surface area contributed by atoms with Gasteiger partial charge in [0.2, 0.25) is 0 Å². The Morgan fingerprint density at radius 1 is 0.938 bits per heavy atom. The molecule has 0 aliphatic heterocycles. The van der Waals surface area contributed by atoms with E-state index in [0.717, 1.165) is 16.9 Å². The van der Waals surface area contributed by atoms with E-state index in [4.69, 9.17) is 9.40 Å². The van der Waals surface area contributed by atoms with Gasteiger partial charge >= 0.3 is 0 Å². The summed E-state index contributed by atoms with van der Waals surface area (Å²) in [6.45, 7) is 8.41. The highest BCUT2D eigenvalue weighted by Gasteiger charge is 2.20. The molecule has 0 unspecified atom stereocenters. The van der Waals surface area contributed by atoms with E-state index in [0.29, 0.717) is 28.5 Å². The van der Waals surface area contributed by atoms with Crippen LogP contribution in [0.25, 0.3) is 34.0 Å². The van der Waals surface area contributed by atoms with Gasteiger partial charge in [-0.2, -0.15) is 5.10 Å². The molecule has 0 atom stereocenters. The van der Waals surface area contributed by atoms with Crippen molar-refractivity contribution in [2.24, 2.45) is 0 Å². The molecule has 0 saturated carbocycles. The summed E-state index contributed by atoms with van der Waals surface area (Å²) in [5.74, 6) is 1.36. The maximum atomic E-state index is 13.7. The lowest BCUT2D eigenvalue weighted by Gasteiger charge is -2.13. The Hall–Kier alpha value is -3.93. The normalized spacial score (nSPS) is 11.5. The largest absolute Gasteiger partial charge is 0.461 e. The van der Waals surface area contributed by atoms with Gasteiger partial charge in [0.15, 0.2) is 17.2 Å². The van der Waals surface area contributed by atoms with E-state index in [1.807, 2.05) is 48.5 Å². The fraction of sp³-hybridized carbons (Fsp3) is 0.192. The molecule has 32 heavy (non-hydrogen) atoms. The molecule has 6 heteroatoms. The zero-order valence-corrected chi connectivity index (χ0v) is 18.5. The highest BCUT2D eigenvalue weighted by Crippen LogP contribution is 2.25. The molecule has 3 heterocycles. The van der Waals surface area contributed by atoms with Crippen molar-refractivity contribution in [1.29, 1.82) is 0 Å². The molecule has 5 rings (SSSR count). The van der Waals surface area contributed by atoms with Crippen molar-refractivity contribution >= 4 is 11.0 Å². The minimum atomic E-state index is -0.186. The van der Waals surface area contributed by atoms with Gasteiger partial charge in [0.1, 0.15) is 5.39 Å². The third-order valence-corrected chi connectivity index (χ3v) is 5.90. The van der Waals surface area contributed by atoms with Gasteiger partial charge in [0.25, 0.3) is 5.56 Å². The Bertz CT molecular complexity index is 1470. The fourth-order valence-electron chi connectivity index (χ4n) is 3.83. The van der Waals surface area contributed by atoms with Gasteiger partial charge in [-0.15, -0.1) is 0 Å². The van der Waals surface area contributed by atoms with Gasteiger partial charge in [0, 0.05) is 0 Å². The summed E-state index contributed by atoms with van der Waals surface area (Å²) in [5, 5.41) is 4.95. The summed E-state index contributed by atoms with van der Waals surface area (Å²) in [5.41, 5.74) is 5.46. The lowest BCUT2D eigenvalue weighted by atomic mass is 10.0. The van der Waals surface area contributed by atoms with Crippen LogP contribution in [0, 0.1) is 13.8 Å².